The number of rotatable bonds is 5. The second kappa shape index (κ2) is 8.19. The van der Waals surface area contributed by atoms with Crippen molar-refractivity contribution in [1.82, 2.24) is 19.4 Å². The minimum absolute atomic E-state index is 0.437. The third kappa shape index (κ3) is 3.64. The molecule has 1 N–H and O–H groups in total. The van der Waals surface area contributed by atoms with Crippen LogP contribution in [0.2, 0.25) is 0 Å². The van der Waals surface area contributed by atoms with Crippen LogP contribution in [0.3, 0.4) is 0 Å². The predicted octanol–water partition coefficient (Wildman–Crippen LogP) is 4.99. The molecule has 4 aromatic rings. The molecule has 2 aromatic heterocycles. The number of methoxy groups -OCH3 is 1. The fraction of sp³-hybridized carbons (Fsp3) is 0.333. The quantitative estimate of drug-likeness (QED) is 0.475. The molecular weight excluding hydrogens is 410 g/mol. The first kappa shape index (κ1) is 20.2. The van der Waals surface area contributed by atoms with Crippen molar-refractivity contribution in [2.75, 3.05) is 25.5 Å². The lowest BCUT2D eigenvalue weighted by atomic mass is 9.79. The topological polar surface area (TPSA) is 55.2 Å². The van der Waals surface area contributed by atoms with Crippen LogP contribution in [0.25, 0.3) is 27.7 Å². The Bertz CT molecular complexity index is 1250. The summed E-state index contributed by atoms with van der Waals surface area (Å²) >= 11 is 0. The van der Waals surface area contributed by atoms with Gasteiger partial charge >= 0.3 is 0 Å². The van der Waals surface area contributed by atoms with Crippen LogP contribution >= 0.6 is 0 Å². The maximum atomic E-state index is 5.28. The Hall–Kier alpha value is -3.38. The lowest BCUT2D eigenvalue weighted by molar-refractivity contribution is 0.0455. The maximum Gasteiger partial charge on any atom is 0.222 e. The molecule has 168 valence electrons. The Balaban J connectivity index is 1.22. The van der Waals surface area contributed by atoms with Crippen molar-refractivity contribution < 1.29 is 4.74 Å². The highest BCUT2D eigenvalue weighted by atomic mass is 16.5. The average molecular weight is 440 g/mol. The summed E-state index contributed by atoms with van der Waals surface area (Å²) in [7, 11) is 1.69. The molecule has 3 saturated heterocycles. The SMILES string of the molecule is COc1ccc(-n2ccc3cc(-c4cnc(N[C@H]5C6CCN(CC6)[C@@H]5C)nc4)ccc32)cc1. The van der Waals surface area contributed by atoms with Crippen LogP contribution in [0.4, 0.5) is 5.95 Å². The van der Waals surface area contributed by atoms with Crippen LogP contribution < -0.4 is 10.1 Å². The van der Waals surface area contributed by atoms with E-state index in [0.29, 0.717) is 12.1 Å². The van der Waals surface area contributed by atoms with Gasteiger partial charge in [0.25, 0.3) is 0 Å². The number of benzene rings is 2. The molecule has 6 nitrogen and oxygen atoms in total. The number of piperidine rings is 3. The molecule has 0 radical (unpaired) electrons. The highest BCUT2D eigenvalue weighted by Crippen LogP contribution is 2.34. The van der Waals surface area contributed by atoms with Gasteiger partial charge in [-0.15, -0.1) is 0 Å². The molecule has 3 aliphatic heterocycles. The minimum Gasteiger partial charge on any atom is -0.497 e. The molecule has 3 fully saturated rings. The van der Waals surface area contributed by atoms with Crippen LogP contribution in [0, 0.1) is 5.92 Å². The van der Waals surface area contributed by atoms with E-state index in [1.54, 1.807) is 7.11 Å². The second-order valence-electron chi connectivity index (χ2n) is 9.24. The van der Waals surface area contributed by atoms with E-state index in [0.717, 1.165) is 34.4 Å². The summed E-state index contributed by atoms with van der Waals surface area (Å²) in [6, 6.07) is 17.7. The van der Waals surface area contributed by atoms with E-state index in [1.807, 2.05) is 24.5 Å². The van der Waals surface area contributed by atoms with E-state index >= 15 is 0 Å². The molecular formula is C27H29N5O. The lowest BCUT2D eigenvalue weighted by Gasteiger charge is -2.49. The van der Waals surface area contributed by atoms with Gasteiger partial charge in [-0.05, 0) is 86.8 Å². The van der Waals surface area contributed by atoms with Gasteiger partial charge < -0.3 is 14.6 Å². The van der Waals surface area contributed by atoms with E-state index in [9.17, 15) is 0 Å². The summed E-state index contributed by atoms with van der Waals surface area (Å²) in [6.45, 7) is 4.78. The van der Waals surface area contributed by atoms with Gasteiger partial charge in [-0.25, -0.2) is 9.97 Å². The van der Waals surface area contributed by atoms with Crippen molar-refractivity contribution in [2.45, 2.75) is 31.8 Å². The molecule has 7 rings (SSSR count). The number of aromatic nitrogens is 3. The van der Waals surface area contributed by atoms with E-state index in [2.05, 4.69) is 74.3 Å². The van der Waals surface area contributed by atoms with Gasteiger partial charge in [0.15, 0.2) is 0 Å². The number of hydrogen-bond donors (Lipinski definition) is 1. The van der Waals surface area contributed by atoms with Crippen LogP contribution in [0.5, 0.6) is 5.75 Å². The molecule has 5 heterocycles. The fourth-order valence-corrected chi connectivity index (χ4v) is 5.54. The van der Waals surface area contributed by atoms with Crippen LogP contribution in [0.1, 0.15) is 19.8 Å². The van der Waals surface area contributed by atoms with Crippen molar-refractivity contribution in [3.63, 3.8) is 0 Å². The Morgan fingerprint density at radius 1 is 0.939 bits per heavy atom. The Morgan fingerprint density at radius 3 is 2.39 bits per heavy atom. The van der Waals surface area contributed by atoms with Crippen molar-refractivity contribution in [2.24, 2.45) is 5.92 Å². The molecule has 0 spiro atoms. The zero-order chi connectivity index (χ0) is 22.4. The highest BCUT2D eigenvalue weighted by molar-refractivity contribution is 5.86. The minimum atomic E-state index is 0.437. The fourth-order valence-electron chi connectivity index (χ4n) is 5.54. The lowest BCUT2D eigenvalue weighted by Crippen LogP contribution is -2.59. The van der Waals surface area contributed by atoms with Gasteiger partial charge in [0.2, 0.25) is 5.95 Å². The average Bonchev–Trinajstić information content (AvgIpc) is 3.30. The van der Waals surface area contributed by atoms with Gasteiger partial charge in [0, 0.05) is 47.3 Å². The van der Waals surface area contributed by atoms with Gasteiger partial charge in [0.1, 0.15) is 5.75 Å². The summed E-state index contributed by atoms with van der Waals surface area (Å²) in [6.07, 6.45) is 8.52. The van der Waals surface area contributed by atoms with E-state index < -0.39 is 0 Å². The van der Waals surface area contributed by atoms with Crippen molar-refractivity contribution in [3.05, 3.63) is 67.1 Å². The summed E-state index contributed by atoms with van der Waals surface area (Å²) in [4.78, 5) is 11.9. The highest BCUT2D eigenvalue weighted by Gasteiger charge is 2.39. The molecule has 0 aliphatic carbocycles. The summed E-state index contributed by atoms with van der Waals surface area (Å²) in [5.74, 6) is 2.32. The van der Waals surface area contributed by atoms with Crippen molar-refractivity contribution in [3.8, 4) is 22.6 Å². The van der Waals surface area contributed by atoms with E-state index in [-0.39, 0.29) is 0 Å². The number of nitrogens with one attached hydrogen (secondary N) is 1. The monoisotopic (exact) mass is 439 g/mol. The Morgan fingerprint density at radius 2 is 1.70 bits per heavy atom. The van der Waals surface area contributed by atoms with E-state index in [4.69, 9.17) is 4.74 Å². The summed E-state index contributed by atoms with van der Waals surface area (Å²) in [5.41, 5.74) is 4.43. The van der Waals surface area contributed by atoms with Crippen LogP contribution in [0.15, 0.2) is 67.1 Å². The van der Waals surface area contributed by atoms with Crippen molar-refractivity contribution in [1.29, 1.82) is 0 Å². The largest absolute Gasteiger partial charge is 0.497 e. The first-order valence-corrected chi connectivity index (χ1v) is 11.8. The number of fused-ring (bicyclic) bond motifs is 4. The molecule has 0 amide bonds. The molecule has 6 heteroatoms. The molecule has 2 bridgehead atoms. The summed E-state index contributed by atoms with van der Waals surface area (Å²) in [5, 5.41) is 4.81. The third-order valence-corrected chi connectivity index (χ3v) is 7.50. The molecule has 3 aliphatic rings. The molecule has 0 unspecified atom stereocenters. The van der Waals surface area contributed by atoms with Gasteiger partial charge in [-0.2, -0.15) is 0 Å². The number of hydrogen-bond acceptors (Lipinski definition) is 5. The molecule has 33 heavy (non-hydrogen) atoms. The smallest absolute Gasteiger partial charge is 0.222 e. The zero-order valence-corrected chi connectivity index (χ0v) is 19.1. The van der Waals surface area contributed by atoms with Gasteiger partial charge in [0.05, 0.1) is 12.6 Å². The maximum absolute atomic E-state index is 5.28. The molecule has 0 saturated carbocycles. The predicted molar refractivity (Wildman–Crippen MR) is 132 cm³/mol. The first-order valence-electron chi connectivity index (χ1n) is 11.8. The Kier molecular flexibility index (Phi) is 5.03. The van der Waals surface area contributed by atoms with E-state index in [1.165, 1.54) is 36.8 Å². The van der Waals surface area contributed by atoms with Crippen LogP contribution in [-0.4, -0.2) is 51.7 Å². The van der Waals surface area contributed by atoms with Crippen molar-refractivity contribution >= 4 is 16.9 Å². The first-order chi connectivity index (χ1) is 16.2. The van der Waals surface area contributed by atoms with Gasteiger partial charge in [-0.1, -0.05) is 6.07 Å². The molecule has 2 atom stereocenters. The second-order valence-corrected chi connectivity index (χ2v) is 9.24. The normalized spacial score (nSPS) is 24.2. The Labute approximate surface area is 194 Å². The third-order valence-electron chi connectivity index (χ3n) is 7.50. The number of nitrogens with zero attached hydrogens (tertiary/aromatic N) is 4. The number of anilines is 1. The molecule has 2 aromatic carbocycles. The zero-order valence-electron chi connectivity index (χ0n) is 19.1. The number of ether oxygens (including phenoxy) is 1. The van der Waals surface area contributed by atoms with Crippen LogP contribution in [-0.2, 0) is 0 Å². The van der Waals surface area contributed by atoms with Gasteiger partial charge in [-0.3, -0.25) is 4.90 Å². The summed E-state index contributed by atoms with van der Waals surface area (Å²) < 4.78 is 7.47. The standard InChI is InChI=1S/C27H29N5O/c1-18-26(19-9-12-31(18)13-10-19)30-27-28-16-22(17-29-27)20-3-8-25-21(15-20)11-14-32(25)23-4-6-24(33-2)7-5-23/h3-8,11,14-19,26H,9-10,12-13H2,1-2H3,(H,28,29,30)/t18-,26-/m1/s1.